The van der Waals surface area contributed by atoms with Gasteiger partial charge in [-0.05, 0) is 43.2 Å². The highest BCUT2D eigenvalue weighted by atomic mass is 35.5. The zero-order valence-corrected chi connectivity index (χ0v) is 19.1. The second-order valence-electron chi connectivity index (χ2n) is 7.06. The highest BCUT2D eigenvalue weighted by Gasteiger charge is 2.33. The monoisotopic (exact) mass is 468 g/mol. The van der Waals surface area contributed by atoms with Crippen LogP contribution in [0.4, 0.5) is 5.69 Å². The molecule has 0 unspecified atom stereocenters. The van der Waals surface area contributed by atoms with Crippen LogP contribution in [-0.2, 0) is 14.8 Å². The largest absolute Gasteiger partial charge is 0.495 e. The van der Waals surface area contributed by atoms with Gasteiger partial charge in [-0.15, -0.1) is 0 Å². The number of rotatable bonds is 7. The maximum Gasteiger partial charge on any atom is 0.243 e. The SMILES string of the molecule is COc1ccc(S(=O)(=O)N2CCC[C@H](C(=O)Nc3ccc(OC)c(OC)c3)C2)cc1Cl. The summed E-state index contributed by atoms with van der Waals surface area (Å²) in [5, 5.41) is 3.05. The standard InChI is InChI=1S/C21H25ClN2O6S/c1-28-18-9-7-16(12-17(18)22)31(26,27)24-10-4-5-14(13-24)21(25)23-15-6-8-19(29-2)20(11-15)30-3/h6-9,11-12,14H,4-5,10,13H2,1-3H3,(H,23,25)/t14-/m0/s1. The topological polar surface area (TPSA) is 94.2 Å². The van der Waals surface area contributed by atoms with Crippen molar-refractivity contribution in [3.8, 4) is 17.2 Å². The molecule has 2 aromatic rings. The number of halogens is 1. The first-order valence-electron chi connectivity index (χ1n) is 9.66. The molecule has 1 atom stereocenters. The third-order valence-electron chi connectivity index (χ3n) is 5.17. The number of ether oxygens (including phenoxy) is 3. The van der Waals surface area contributed by atoms with E-state index in [2.05, 4.69) is 5.32 Å². The van der Waals surface area contributed by atoms with E-state index < -0.39 is 15.9 Å². The number of nitrogens with one attached hydrogen (secondary N) is 1. The van der Waals surface area contributed by atoms with E-state index in [1.807, 2.05) is 0 Å². The molecule has 0 spiro atoms. The van der Waals surface area contributed by atoms with Crippen molar-refractivity contribution < 1.29 is 27.4 Å². The normalized spacial score (nSPS) is 17.1. The molecule has 1 saturated heterocycles. The number of benzene rings is 2. The van der Waals surface area contributed by atoms with Crippen molar-refractivity contribution in [3.63, 3.8) is 0 Å². The summed E-state index contributed by atoms with van der Waals surface area (Å²) in [4.78, 5) is 12.9. The van der Waals surface area contributed by atoms with Crippen LogP contribution in [0.1, 0.15) is 12.8 Å². The molecule has 10 heteroatoms. The fraction of sp³-hybridized carbons (Fsp3) is 0.381. The van der Waals surface area contributed by atoms with Crippen LogP contribution in [0, 0.1) is 5.92 Å². The smallest absolute Gasteiger partial charge is 0.243 e. The molecule has 0 radical (unpaired) electrons. The number of carbonyl (C=O) groups excluding carboxylic acids is 1. The van der Waals surface area contributed by atoms with E-state index in [1.54, 1.807) is 18.2 Å². The summed E-state index contributed by atoms with van der Waals surface area (Å²) < 4.78 is 43.0. The van der Waals surface area contributed by atoms with Gasteiger partial charge in [-0.2, -0.15) is 4.31 Å². The second kappa shape index (κ2) is 9.76. The summed E-state index contributed by atoms with van der Waals surface area (Å²) >= 11 is 6.10. The zero-order chi connectivity index (χ0) is 22.6. The van der Waals surface area contributed by atoms with E-state index in [-0.39, 0.29) is 22.4 Å². The first-order valence-corrected chi connectivity index (χ1v) is 11.5. The third kappa shape index (κ3) is 5.06. The Bertz CT molecular complexity index is 1060. The predicted octanol–water partition coefficient (Wildman–Crippen LogP) is 3.41. The minimum atomic E-state index is -3.79. The van der Waals surface area contributed by atoms with Gasteiger partial charge in [0, 0.05) is 24.8 Å². The van der Waals surface area contributed by atoms with Gasteiger partial charge in [-0.1, -0.05) is 11.6 Å². The molecule has 8 nitrogen and oxygen atoms in total. The molecule has 1 heterocycles. The van der Waals surface area contributed by atoms with Crippen LogP contribution in [-0.4, -0.2) is 53.0 Å². The summed E-state index contributed by atoms with van der Waals surface area (Å²) in [6.45, 7) is 0.428. The van der Waals surface area contributed by atoms with Gasteiger partial charge in [-0.3, -0.25) is 4.79 Å². The van der Waals surface area contributed by atoms with E-state index in [4.69, 9.17) is 25.8 Å². The van der Waals surface area contributed by atoms with Gasteiger partial charge < -0.3 is 19.5 Å². The van der Waals surface area contributed by atoms with Gasteiger partial charge in [-0.25, -0.2) is 8.42 Å². The molecule has 0 aromatic heterocycles. The van der Waals surface area contributed by atoms with Crippen molar-refractivity contribution in [3.05, 3.63) is 41.4 Å². The number of hydrogen-bond donors (Lipinski definition) is 1. The Balaban J connectivity index is 1.74. The van der Waals surface area contributed by atoms with Crippen LogP contribution in [0.3, 0.4) is 0 Å². The van der Waals surface area contributed by atoms with Crippen LogP contribution in [0.5, 0.6) is 17.2 Å². The van der Waals surface area contributed by atoms with Crippen LogP contribution >= 0.6 is 11.6 Å². The quantitative estimate of drug-likeness (QED) is 0.669. The average Bonchev–Trinajstić information content (AvgIpc) is 2.78. The van der Waals surface area contributed by atoms with E-state index in [0.717, 1.165) is 0 Å². The van der Waals surface area contributed by atoms with Crippen molar-refractivity contribution in [1.82, 2.24) is 4.31 Å². The lowest BCUT2D eigenvalue weighted by Crippen LogP contribution is -2.43. The number of hydrogen-bond acceptors (Lipinski definition) is 6. The number of sulfonamides is 1. The number of anilines is 1. The van der Waals surface area contributed by atoms with Crippen LogP contribution in [0.15, 0.2) is 41.3 Å². The number of methoxy groups -OCH3 is 3. The lowest BCUT2D eigenvalue weighted by Gasteiger charge is -2.31. The first kappa shape index (κ1) is 23.2. The fourth-order valence-electron chi connectivity index (χ4n) is 3.49. The van der Waals surface area contributed by atoms with Crippen molar-refractivity contribution in [2.45, 2.75) is 17.7 Å². The van der Waals surface area contributed by atoms with Gasteiger partial charge in [0.2, 0.25) is 15.9 Å². The molecule has 3 rings (SSSR count). The number of piperidine rings is 1. The van der Waals surface area contributed by atoms with Crippen LogP contribution < -0.4 is 19.5 Å². The van der Waals surface area contributed by atoms with Gasteiger partial charge in [0.05, 0.1) is 37.2 Å². The Kier molecular flexibility index (Phi) is 7.30. The molecule has 31 heavy (non-hydrogen) atoms. The van der Waals surface area contributed by atoms with Crippen LogP contribution in [0.25, 0.3) is 0 Å². The molecule has 2 aromatic carbocycles. The Labute approximate surface area is 187 Å². The maximum atomic E-state index is 13.1. The Morgan fingerprint density at radius 2 is 1.71 bits per heavy atom. The summed E-state index contributed by atoms with van der Waals surface area (Å²) in [6, 6.07) is 9.39. The molecule has 1 aliphatic heterocycles. The molecule has 1 N–H and O–H groups in total. The highest BCUT2D eigenvalue weighted by molar-refractivity contribution is 7.89. The van der Waals surface area contributed by atoms with E-state index in [9.17, 15) is 13.2 Å². The molecule has 1 aliphatic rings. The molecule has 1 fully saturated rings. The van der Waals surface area contributed by atoms with Crippen molar-refractivity contribution >= 4 is 33.2 Å². The van der Waals surface area contributed by atoms with Crippen molar-refractivity contribution in [2.75, 3.05) is 39.7 Å². The minimum absolute atomic E-state index is 0.0687. The number of amides is 1. The summed E-state index contributed by atoms with van der Waals surface area (Å²) in [5.74, 6) is 0.703. The number of carbonyl (C=O) groups is 1. The van der Waals surface area contributed by atoms with Gasteiger partial charge in [0.15, 0.2) is 11.5 Å². The molecular weight excluding hydrogens is 444 g/mol. The zero-order valence-electron chi connectivity index (χ0n) is 17.6. The molecule has 0 aliphatic carbocycles. The Morgan fingerprint density at radius 1 is 1.03 bits per heavy atom. The molecule has 0 saturated carbocycles. The lowest BCUT2D eigenvalue weighted by atomic mass is 9.98. The minimum Gasteiger partial charge on any atom is -0.495 e. The molecular formula is C21H25ClN2O6S. The van der Waals surface area contributed by atoms with Gasteiger partial charge in [0.25, 0.3) is 0 Å². The van der Waals surface area contributed by atoms with Crippen molar-refractivity contribution in [1.29, 1.82) is 0 Å². The third-order valence-corrected chi connectivity index (χ3v) is 7.32. The molecule has 168 valence electrons. The average molecular weight is 469 g/mol. The lowest BCUT2D eigenvalue weighted by molar-refractivity contribution is -0.120. The first-order chi connectivity index (χ1) is 14.8. The van der Waals surface area contributed by atoms with Gasteiger partial charge in [0.1, 0.15) is 5.75 Å². The Morgan fingerprint density at radius 3 is 2.35 bits per heavy atom. The van der Waals surface area contributed by atoms with Crippen LogP contribution in [0.2, 0.25) is 5.02 Å². The van der Waals surface area contributed by atoms with E-state index in [0.29, 0.717) is 42.3 Å². The fourth-order valence-corrected chi connectivity index (χ4v) is 5.36. The predicted molar refractivity (Wildman–Crippen MR) is 118 cm³/mol. The summed E-state index contributed by atoms with van der Waals surface area (Å²) in [7, 11) is 0.712. The maximum absolute atomic E-state index is 13.1. The molecule has 1 amide bonds. The van der Waals surface area contributed by atoms with Crippen molar-refractivity contribution in [2.24, 2.45) is 5.92 Å². The highest BCUT2D eigenvalue weighted by Crippen LogP contribution is 2.32. The van der Waals surface area contributed by atoms with E-state index in [1.165, 1.54) is 43.8 Å². The van der Waals surface area contributed by atoms with Gasteiger partial charge >= 0.3 is 0 Å². The van der Waals surface area contributed by atoms with E-state index >= 15 is 0 Å². The molecule has 0 bridgehead atoms. The number of nitrogens with zero attached hydrogens (tertiary/aromatic N) is 1. The summed E-state index contributed by atoms with van der Waals surface area (Å²) in [6.07, 6.45) is 1.17. The second-order valence-corrected chi connectivity index (χ2v) is 9.40. The Hall–Kier alpha value is -2.49. The summed E-state index contributed by atoms with van der Waals surface area (Å²) in [5.41, 5.74) is 0.546.